The summed E-state index contributed by atoms with van der Waals surface area (Å²) in [5, 5.41) is 2.55. The van der Waals surface area contributed by atoms with Crippen LogP contribution in [0.5, 0.6) is 0 Å². The van der Waals surface area contributed by atoms with Crippen molar-refractivity contribution in [3.8, 4) is 11.8 Å². The van der Waals surface area contributed by atoms with Gasteiger partial charge in [-0.2, -0.15) is 0 Å². The Balaban J connectivity index is 2.85. The lowest BCUT2D eigenvalue weighted by Gasteiger charge is -2.04. The molecule has 0 fully saturated rings. The van der Waals surface area contributed by atoms with E-state index in [2.05, 4.69) is 17.2 Å². The van der Waals surface area contributed by atoms with Crippen molar-refractivity contribution in [1.82, 2.24) is 5.32 Å². The first-order valence-electron chi connectivity index (χ1n) is 5.84. The number of rotatable bonds is 3. The van der Waals surface area contributed by atoms with Crippen molar-refractivity contribution < 1.29 is 14.3 Å². The predicted octanol–water partition coefficient (Wildman–Crippen LogP) is 0.933. The van der Waals surface area contributed by atoms with Crippen LogP contribution in [-0.4, -0.2) is 25.0 Å². The number of hydrogen-bond donors (Lipinski definition) is 2. The predicted molar refractivity (Wildman–Crippen MR) is 72.4 cm³/mol. The van der Waals surface area contributed by atoms with E-state index in [1.807, 2.05) is 0 Å². The molecule has 0 heterocycles. The molecule has 1 amide bonds. The lowest BCUT2D eigenvalue weighted by Crippen LogP contribution is -2.19. The van der Waals surface area contributed by atoms with Gasteiger partial charge in [-0.05, 0) is 25.1 Å². The van der Waals surface area contributed by atoms with Crippen LogP contribution in [0.2, 0.25) is 0 Å². The highest BCUT2D eigenvalue weighted by molar-refractivity contribution is 5.90. The zero-order valence-corrected chi connectivity index (χ0v) is 10.9. The molecule has 19 heavy (non-hydrogen) atoms. The van der Waals surface area contributed by atoms with Crippen LogP contribution in [-0.2, 0) is 9.53 Å². The van der Waals surface area contributed by atoms with Gasteiger partial charge in [0.2, 0.25) is 5.91 Å². The van der Waals surface area contributed by atoms with Gasteiger partial charge in [0, 0.05) is 18.2 Å². The maximum Gasteiger partial charge on any atom is 0.338 e. The number of carbonyl (C=O) groups excluding carboxylic acids is 2. The van der Waals surface area contributed by atoms with E-state index in [0.717, 1.165) is 0 Å². The number of nitrogens with two attached hydrogens (primary N) is 1. The first kappa shape index (κ1) is 14.6. The molecule has 1 aromatic carbocycles. The van der Waals surface area contributed by atoms with Crippen molar-refractivity contribution in [1.29, 1.82) is 0 Å². The van der Waals surface area contributed by atoms with Gasteiger partial charge in [0.15, 0.2) is 0 Å². The zero-order chi connectivity index (χ0) is 14.3. The zero-order valence-electron chi connectivity index (χ0n) is 10.9. The van der Waals surface area contributed by atoms with Crippen molar-refractivity contribution >= 4 is 17.6 Å². The fraction of sp³-hybridized carbons (Fsp3) is 0.286. The summed E-state index contributed by atoms with van der Waals surface area (Å²) in [7, 11) is 0. The van der Waals surface area contributed by atoms with Crippen molar-refractivity contribution in [3.63, 3.8) is 0 Å². The molecule has 0 aliphatic heterocycles. The third-order valence-electron chi connectivity index (χ3n) is 2.21. The van der Waals surface area contributed by atoms with Crippen LogP contribution >= 0.6 is 0 Å². The molecule has 0 saturated carbocycles. The van der Waals surface area contributed by atoms with E-state index in [1.165, 1.54) is 6.92 Å². The third kappa shape index (κ3) is 4.72. The molecule has 0 aromatic heterocycles. The fourth-order valence-electron chi connectivity index (χ4n) is 1.31. The van der Waals surface area contributed by atoms with Gasteiger partial charge in [0.25, 0.3) is 0 Å². The van der Waals surface area contributed by atoms with Gasteiger partial charge in [-0.1, -0.05) is 11.8 Å². The number of hydrogen-bond acceptors (Lipinski definition) is 4. The van der Waals surface area contributed by atoms with Crippen molar-refractivity contribution in [2.45, 2.75) is 13.8 Å². The molecular formula is C14H16N2O3. The summed E-state index contributed by atoms with van der Waals surface area (Å²) in [6.45, 7) is 3.70. The maximum atomic E-state index is 11.6. The van der Waals surface area contributed by atoms with Gasteiger partial charge in [0.1, 0.15) is 0 Å². The third-order valence-corrected chi connectivity index (χ3v) is 2.21. The highest BCUT2D eigenvalue weighted by Gasteiger charge is 2.07. The van der Waals surface area contributed by atoms with E-state index in [-0.39, 0.29) is 12.5 Å². The topological polar surface area (TPSA) is 81.4 Å². The Morgan fingerprint density at radius 1 is 1.42 bits per heavy atom. The average Bonchev–Trinajstić information content (AvgIpc) is 2.36. The Morgan fingerprint density at radius 2 is 2.16 bits per heavy atom. The minimum Gasteiger partial charge on any atom is -0.462 e. The monoisotopic (exact) mass is 260 g/mol. The molecule has 5 nitrogen and oxygen atoms in total. The fourth-order valence-corrected chi connectivity index (χ4v) is 1.31. The van der Waals surface area contributed by atoms with Crippen molar-refractivity contribution in [3.05, 3.63) is 29.3 Å². The van der Waals surface area contributed by atoms with E-state index >= 15 is 0 Å². The molecule has 1 aromatic rings. The van der Waals surface area contributed by atoms with E-state index in [9.17, 15) is 9.59 Å². The Labute approximate surface area is 112 Å². The first-order chi connectivity index (χ1) is 9.04. The van der Waals surface area contributed by atoms with E-state index in [4.69, 9.17) is 10.5 Å². The highest BCUT2D eigenvalue weighted by atomic mass is 16.5. The normalized spacial score (nSPS) is 9.16. The molecule has 0 aliphatic rings. The number of benzene rings is 1. The summed E-state index contributed by atoms with van der Waals surface area (Å²) in [6, 6.07) is 4.77. The number of esters is 1. The number of anilines is 1. The van der Waals surface area contributed by atoms with Gasteiger partial charge in [-0.15, -0.1) is 0 Å². The molecule has 5 heteroatoms. The minimum absolute atomic E-state index is 0.150. The molecule has 100 valence electrons. The molecule has 0 radical (unpaired) electrons. The van der Waals surface area contributed by atoms with Gasteiger partial charge in [-0.25, -0.2) is 4.79 Å². The van der Waals surface area contributed by atoms with Crippen LogP contribution in [0.1, 0.15) is 29.8 Å². The van der Waals surface area contributed by atoms with Crippen LogP contribution in [0.3, 0.4) is 0 Å². The number of nitrogens with one attached hydrogen (secondary N) is 1. The van der Waals surface area contributed by atoms with Gasteiger partial charge in [-0.3, -0.25) is 4.79 Å². The number of nitrogen functional groups attached to an aromatic ring is 1. The summed E-state index contributed by atoms with van der Waals surface area (Å²) in [5.74, 6) is 5.01. The summed E-state index contributed by atoms with van der Waals surface area (Å²) >= 11 is 0. The van der Waals surface area contributed by atoms with Gasteiger partial charge >= 0.3 is 5.97 Å². The molecule has 0 spiro atoms. The molecule has 0 bridgehead atoms. The molecule has 3 N–H and O–H groups in total. The van der Waals surface area contributed by atoms with Crippen LogP contribution in [0.25, 0.3) is 0 Å². The Morgan fingerprint density at radius 3 is 2.79 bits per heavy atom. The van der Waals surface area contributed by atoms with E-state index in [0.29, 0.717) is 23.4 Å². The number of amides is 1. The van der Waals surface area contributed by atoms with Gasteiger partial charge in [0.05, 0.1) is 18.7 Å². The Hall–Kier alpha value is -2.48. The van der Waals surface area contributed by atoms with E-state index in [1.54, 1.807) is 25.1 Å². The van der Waals surface area contributed by atoms with Crippen LogP contribution in [0, 0.1) is 11.8 Å². The van der Waals surface area contributed by atoms with Crippen LogP contribution in [0.4, 0.5) is 5.69 Å². The summed E-state index contributed by atoms with van der Waals surface area (Å²) in [6.07, 6.45) is 0. The Kier molecular flexibility index (Phi) is 5.42. The lowest BCUT2D eigenvalue weighted by molar-refractivity contribution is -0.118. The highest BCUT2D eigenvalue weighted by Crippen LogP contribution is 2.13. The van der Waals surface area contributed by atoms with Crippen LogP contribution < -0.4 is 11.1 Å². The lowest BCUT2D eigenvalue weighted by atomic mass is 10.1. The second-order valence-electron chi connectivity index (χ2n) is 3.73. The minimum atomic E-state index is -0.410. The molecule has 1 rings (SSSR count). The van der Waals surface area contributed by atoms with Crippen molar-refractivity contribution in [2.24, 2.45) is 0 Å². The number of ether oxygens (including phenoxy) is 1. The smallest absolute Gasteiger partial charge is 0.338 e. The molecule has 0 saturated heterocycles. The largest absolute Gasteiger partial charge is 0.462 e. The Bertz CT molecular complexity index is 541. The van der Waals surface area contributed by atoms with Crippen molar-refractivity contribution in [2.75, 3.05) is 18.9 Å². The first-order valence-corrected chi connectivity index (χ1v) is 5.84. The van der Waals surface area contributed by atoms with Crippen LogP contribution in [0.15, 0.2) is 18.2 Å². The van der Waals surface area contributed by atoms with E-state index < -0.39 is 5.97 Å². The quantitative estimate of drug-likeness (QED) is 0.481. The summed E-state index contributed by atoms with van der Waals surface area (Å²) < 4.78 is 4.89. The molecule has 0 unspecified atom stereocenters. The second kappa shape index (κ2) is 7.07. The molecular weight excluding hydrogens is 244 g/mol. The molecule has 0 atom stereocenters. The number of carbonyl (C=O) groups is 2. The average molecular weight is 260 g/mol. The standard InChI is InChI=1S/C14H16N2O3/c1-3-19-14(18)12-6-7-13(15)11(9-12)5-4-8-16-10(2)17/h6-7,9H,3,8,15H2,1-2H3,(H,16,17). The maximum absolute atomic E-state index is 11.6. The second-order valence-corrected chi connectivity index (χ2v) is 3.73. The molecule has 0 aliphatic carbocycles. The SMILES string of the molecule is CCOC(=O)c1ccc(N)c(C#CCNC(C)=O)c1. The summed E-state index contributed by atoms with van der Waals surface area (Å²) in [5.41, 5.74) is 7.18. The summed E-state index contributed by atoms with van der Waals surface area (Å²) in [4.78, 5) is 22.2. The van der Waals surface area contributed by atoms with Gasteiger partial charge < -0.3 is 15.8 Å².